The first kappa shape index (κ1) is 19.0. The summed E-state index contributed by atoms with van der Waals surface area (Å²) >= 11 is 5.74. The highest BCUT2D eigenvalue weighted by Gasteiger charge is 2.21. The molecule has 2 N–H and O–H groups in total. The van der Waals surface area contributed by atoms with Crippen molar-refractivity contribution < 1.29 is 19.1 Å². The average Bonchev–Trinajstić information content (AvgIpc) is 2.42. The summed E-state index contributed by atoms with van der Waals surface area (Å²) in [5.74, 6) is -0.724. The molecule has 0 aliphatic carbocycles. The monoisotopic (exact) mass is 340 g/mol. The van der Waals surface area contributed by atoms with Crippen molar-refractivity contribution in [1.82, 2.24) is 10.6 Å². The first-order chi connectivity index (χ1) is 10.6. The van der Waals surface area contributed by atoms with Crippen LogP contribution in [0.2, 0.25) is 5.02 Å². The molecule has 23 heavy (non-hydrogen) atoms. The van der Waals surface area contributed by atoms with E-state index in [0.717, 1.165) is 0 Å². The predicted molar refractivity (Wildman–Crippen MR) is 87.6 cm³/mol. The van der Waals surface area contributed by atoms with Crippen molar-refractivity contribution in [2.24, 2.45) is 0 Å². The smallest absolute Gasteiger partial charge is 0.408 e. The van der Waals surface area contributed by atoms with Gasteiger partial charge in [0.1, 0.15) is 5.60 Å². The highest BCUT2D eigenvalue weighted by Crippen LogP contribution is 2.09. The lowest BCUT2D eigenvalue weighted by molar-refractivity contribution is -0.119. The minimum atomic E-state index is -0.768. The molecule has 0 unspecified atom stereocenters. The summed E-state index contributed by atoms with van der Waals surface area (Å²) < 4.78 is 5.06. The topological polar surface area (TPSA) is 84.5 Å². The normalized spacial score (nSPS) is 12.2. The lowest BCUT2D eigenvalue weighted by Crippen LogP contribution is -2.45. The van der Waals surface area contributed by atoms with Gasteiger partial charge in [-0.15, -0.1) is 0 Å². The number of halogens is 1. The molecular formula is C16H21ClN2O4. The molecule has 0 bridgehead atoms. The number of hydrogen-bond acceptors (Lipinski definition) is 4. The number of amides is 2. The zero-order valence-electron chi connectivity index (χ0n) is 13.6. The third-order valence-electron chi connectivity index (χ3n) is 2.75. The molecule has 1 aromatic carbocycles. The molecule has 7 heteroatoms. The van der Waals surface area contributed by atoms with E-state index in [1.54, 1.807) is 45.0 Å². The van der Waals surface area contributed by atoms with Crippen molar-refractivity contribution in [3.8, 4) is 0 Å². The Kier molecular flexibility index (Phi) is 6.57. The number of Topliss-reactive ketones (excluding diaryl/α,β-unsaturated/α-hetero) is 1. The number of rotatable bonds is 5. The van der Waals surface area contributed by atoms with Crippen LogP contribution < -0.4 is 10.6 Å². The second-order valence-corrected chi connectivity index (χ2v) is 6.46. The van der Waals surface area contributed by atoms with E-state index in [9.17, 15) is 14.4 Å². The summed E-state index contributed by atoms with van der Waals surface area (Å²) in [7, 11) is 0. The van der Waals surface area contributed by atoms with Gasteiger partial charge in [0.05, 0.1) is 12.6 Å². The van der Waals surface area contributed by atoms with E-state index in [1.165, 1.54) is 6.92 Å². The van der Waals surface area contributed by atoms with E-state index in [1.807, 2.05) is 0 Å². The molecule has 0 aliphatic heterocycles. The van der Waals surface area contributed by atoms with Gasteiger partial charge in [0.15, 0.2) is 5.78 Å². The molecule has 0 heterocycles. The van der Waals surface area contributed by atoms with E-state index in [0.29, 0.717) is 10.6 Å². The predicted octanol–water partition coefficient (Wildman–Crippen LogP) is 2.55. The van der Waals surface area contributed by atoms with Gasteiger partial charge >= 0.3 is 6.09 Å². The van der Waals surface area contributed by atoms with E-state index in [4.69, 9.17) is 16.3 Å². The SMILES string of the molecule is C[C@H](NC(=O)OC(C)(C)C)C(=O)CNC(=O)c1ccc(Cl)cc1. The molecular weight excluding hydrogens is 320 g/mol. The Balaban J connectivity index is 2.45. The number of alkyl carbamates (subject to hydrolysis) is 1. The van der Waals surface area contributed by atoms with E-state index in [-0.39, 0.29) is 18.2 Å². The maximum absolute atomic E-state index is 11.9. The van der Waals surface area contributed by atoms with Crippen LogP contribution in [0.25, 0.3) is 0 Å². The summed E-state index contributed by atoms with van der Waals surface area (Å²) in [6, 6.07) is 5.53. The summed E-state index contributed by atoms with van der Waals surface area (Å²) in [6.07, 6.45) is -0.678. The van der Waals surface area contributed by atoms with E-state index < -0.39 is 17.7 Å². The van der Waals surface area contributed by atoms with Crippen molar-refractivity contribution in [2.75, 3.05) is 6.54 Å². The molecule has 1 aromatic rings. The molecule has 1 atom stereocenters. The number of ether oxygens (including phenoxy) is 1. The molecule has 6 nitrogen and oxygen atoms in total. The molecule has 0 radical (unpaired) electrons. The minimum absolute atomic E-state index is 0.196. The summed E-state index contributed by atoms with van der Waals surface area (Å²) in [5, 5.41) is 5.45. The number of ketones is 1. The van der Waals surface area contributed by atoms with Crippen LogP contribution in [0, 0.1) is 0 Å². The standard InChI is InChI=1S/C16H21ClN2O4/c1-10(19-15(22)23-16(2,3)4)13(20)9-18-14(21)11-5-7-12(17)8-6-11/h5-8,10H,9H2,1-4H3,(H,18,21)(H,19,22)/t10-/m0/s1. The van der Waals surface area contributed by atoms with Gasteiger partial charge in [-0.2, -0.15) is 0 Å². The van der Waals surface area contributed by atoms with Crippen LogP contribution in [0.1, 0.15) is 38.1 Å². The summed E-state index contributed by atoms with van der Waals surface area (Å²) in [4.78, 5) is 35.4. The first-order valence-electron chi connectivity index (χ1n) is 7.14. The van der Waals surface area contributed by atoms with Crippen molar-refractivity contribution in [3.05, 3.63) is 34.9 Å². The highest BCUT2D eigenvalue weighted by atomic mass is 35.5. The van der Waals surface area contributed by atoms with Crippen molar-refractivity contribution in [3.63, 3.8) is 0 Å². The first-order valence-corrected chi connectivity index (χ1v) is 7.52. The molecule has 0 saturated carbocycles. The number of carbonyl (C=O) groups excluding carboxylic acids is 3. The second kappa shape index (κ2) is 7.97. The molecule has 2 amide bonds. The third-order valence-corrected chi connectivity index (χ3v) is 3.00. The molecule has 0 aliphatic rings. The van der Waals surface area contributed by atoms with Crippen LogP contribution >= 0.6 is 11.6 Å². The number of nitrogens with one attached hydrogen (secondary N) is 2. The molecule has 0 spiro atoms. The number of benzene rings is 1. The number of hydrogen-bond donors (Lipinski definition) is 2. The molecule has 0 fully saturated rings. The lowest BCUT2D eigenvalue weighted by atomic mass is 10.2. The quantitative estimate of drug-likeness (QED) is 0.862. The molecule has 0 aromatic heterocycles. The summed E-state index contributed by atoms with van der Waals surface area (Å²) in [6.45, 7) is 6.52. The van der Waals surface area contributed by atoms with Crippen LogP contribution in [-0.4, -0.2) is 36.0 Å². The molecule has 0 saturated heterocycles. The average molecular weight is 341 g/mol. The van der Waals surface area contributed by atoms with Crippen molar-refractivity contribution >= 4 is 29.4 Å². The van der Waals surface area contributed by atoms with Gasteiger partial charge < -0.3 is 15.4 Å². The Bertz CT molecular complexity index is 579. The van der Waals surface area contributed by atoms with Crippen LogP contribution in [-0.2, 0) is 9.53 Å². The van der Waals surface area contributed by atoms with Crippen molar-refractivity contribution in [2.45, 2.75) is 39.3 Å². The van der Waals surface area contributed by atoms with Gasteiger partial charge in [-0.25, -0.2) is 4.79 Å². The van der Waals surface area contributed by atoms with Crippen LogP contribution in [0.3, 0.4) is 0 Å². The minimum Gasteiger partial charge on any atom is -0.444 e. The van der Waals surface area contributed by atoms with Gasteiger partial charge in [-0.3, -0.25) is 9.59 Å². The Morgan fingerprint density at radius 2 is 1.74 bits per heavy atom. The van der Waals surface area contributed by atoms with Gasteiger partial charge in [-0.05, 0) is 52.0 Å². The molecule has 126 valence electrons. The third kappa shape index (κ3) is 7.15. The maximum Gasteiger partial charge on any atom is 0.408 e. The Hall–Kier alpha value is -2.08. The Labute approximate surface area is 140 Å². The van der Waals surface area contributed by atoms with Crippen LogP contribution in [0.4, 0.5) is 4.79 Å². The molecule has 1 rings (SSSR count). The van der Waals surface area contributed by atoms with Crippen molar-refractivity contribution in [1.29, 1.82) is 0 Å². The van der Waals surface area contributed by atoms with Crippen LogP contribution in [0.15, 0.2) is 24.3 Å². The van der Waals surface area contributed by atoms with Crippen LogP contribution in [0.5, 0.6) is 0 Å². The lowest BCUT2D eigenvalue weighted by Gasteiger charge is -2.21. The zero-order chi connectivity index (χ0) is 17.6. The Morgan fingerprint density at radius 1 is 1.17 bits per heavy atom. The second-order valence-electron chi connectivity index (χ2n) is 6.02. The van der Waals surface area contributed by atoms with Gasteiger partial charge in [0.25, 0.3) is 5.91 Å². The largest absolute Gasteiger partial charge is 0.444 e. The zero-order valence-corrected chi connectivity index (χ0v) is 14.4. The van der Waals surface area contributed by atoms with Gasteiger partial charge in [0, 0.05) is 10.6 Å². The van der Waals surface area contributed by atoms with E-state index in [2.05, 4.69) is 10.6 Å². The van der Waals surface area contributed by atoms with Gasteiger partial charge in [-0.1, -0.05) is 11.6 Å². The van der Waals surface area contributed by atoms with Gasteiger partial charge in [0.2, 0.25) is 0 Å². The fourth-order valence-corrected chi connectivity index (χ4v) is 1.71. The summed E-state index contributed by atoms with van der Waals surface area (Å²) in [5.41, 5.74) is -0.245. The Morgan fingerprint density at radius 3 is 2.26 bits per heavy atom. The number of carbonyl (C=O) groups is 3. The maximum atomic E-state index is 11.9. The van der Waals surface area contributed by atoms with E-state index >= 15 is 0 Å². The fraction of sp³-hybridized carbons (Fsp3) is 0.438. The fourth-order valence-electron chi connectivity index (χ4n) is 1.59. The highest BCUT2D eigenvalue weighted by molar-refractivity contribution is 6.30.